The molecular formula is C16H24N6O2. The third-order valence-electron chi connectivity index (χ3n) is 5.09. The normalized spacial score (nSPS) is 25.8. The number of aromatic nitrogens is 4. The zero-order chi connectivity index (χ0) is 16.5. The largest absolute Gasteiger partial charge is 0.338 e. The molecule has 2 saturated heterocycles. The van der Waals surface area contributed by atoms with E-state index in [2.05, 4.69) is 30.1 Å². The van der Waals surface area contributed by atoms with Gasteiger partial charge >= 0.3 is 0 Å². The Hall–Kier alpha value is -1.80. The Kier molecular flexibility index (Phi) is 4.32. The maximum atomic E-state index is 5.32. The standard InChI is InChI=1S/C16H24N6O2/c1-11-17-15(23-19-11)9-21-7-3-6-14-13(21)5-4-8-22(14)10-16-18-12(2)20-24-16/h13-14H,3-10H2,1-2H3. The quantitative estimate of drug-likeness (QED) is 0.836. The van der Waals surface area contributed by atoms with Crippen LogP contribution in [-0.2, 0) is 13.1 Å². The summed E-state index contributed by atoms with van der Waals surface area (Å²) in [6.45, 7) is 7.40. The van der Waals surface area contributed by atoms with Crippen molar-refractivity contribution in [1.29, 1.82) is 0 Å². The summed E-state index contributed by atoms with van der Waals surface area (Å²) in [6, 6.07) is 1.06. The average Bonchev–Trinajstić information content (AvgIpc) is 3.17. The highest BCUT2D eigenvalue weighted by atomic mass is 16.5. The maximum Gasteiger partial charge on any atom is 0.240 e. The van der Waals surface area contributed by atoms with Gasteiger partial charge in [0, 0.05) is 12.1 Å². The lowest BCUT2D eigenvalue weighted by Gasteiger charge is -2.48. The molecule has 2 aromatic heterocycles. The minimum atomic E-state index is 0.531. The summed E-state index contributed by atoms with van der Waals surface area (Å²) in [7, 11) is 0. The molecule has 0 aromatic carbocycles. The summed E-state index contributed by atoms with van der Waals surface area (Å²) < 4.78 is 10.6. The van der Waals surface area contributed by atoms with Gasteiger partial charge in [0.1, 0.15) is 0 Å². The fraction of sp³-hybridized carbons (Fsp3) is 0.750. The summed E-state index contributed by atoms with van der Waals surface area (Å²) in [4.78, 5) is 13.7. The van der Waals surface area contributed by atoms with Crippen molar-refractivity contribution in [1.82, 2.24) is 30.1 Å². The molecular weight excluding hydrogens is 308 g/mol. The minimum absolute atomic E-state index is 0.531. The Bertz CT molecular complexity index is 625. The van der Waals surface area contributed by atoms with Gasteiger partial charge in [0.15, 0.2) is 11.6 Å². The predicted molar refractivity (Wildman–Crippen MR) is 84.9 cm³/mol. The molecule has 2 atom stereocenters. The number of piperidine rings is 2. The van der Waals surface area contributed by atoms with Gasteiger partial charge in [-0.1, -0.05) is 10.3 Å². The molecule has 0 spiro atoms. The summed E-state index contributed by atoms with van der Waals surface area (Å²) in [5.74, 6) is 2.85. The predicted octanol–water partition coefficient (Wildman–Crippen LogP) is 1.70. The molecule has 24 heavy (non-hydrogen) atoms. The molecule has 2 fully saturated rings. The summed E-state index contributed by atoms with van der Waals surface area (Å²) in [5.41, 5.74) is 0. The number of hydrogen-bond donors (Lipinski definition) is 0. The van der Waals surface area contributed by atoms with E-state index in [1.165, 1.54) is 25.7 Å². The average molecular weight is 332 g/mol. The monoisotopic (exact) mass is 332 g/mol. The molecule has 8 nitrogen and oxygen atoms in total. The molecule has 2 aliphatic rings. The number of rotatable bonds is 4. The Labute approximate surface area is 141 Å². The summed E-state index contributed by atoms with van der Waals surface area (Å²) in [5, 5.41) is 7.82. The van der Waals surface area contributed by atoms with Gasteiger partial charge in [0.2, 0.25) is 11.8 Å². The minimum Gasteiger partial charge on any atom is -0.338 e. The Balaban J connectivity index is 1.46. The van der Waals surface area contributed by atoms with E-state index >= 15 is 0 Å². The molecule has 4 heterocycles. The second kappa shape index (κ2) is 6.60. The van der Waals surface area contributed by atoms with Crippen LogP contribution in [0.3, 0.4) is 0 Å². The van der Waals surface area contributed by atoms with Crippen LogP contribution in [0.5, 0.6) is 0 Å². The van der Waals surface area contributed by atoms with Crippen LogP contribution < -0.4 is 0 Å². The van der Waals surface area contributed by atoms with Crippen LogP contribution in [0.15, 0.2) is 9.05 Å². The van der Waals surface area contributed by atoms with E-state index in [1.54, 1.807) is 0 Å². The first-order valence-corrected chi connectivity index (χ1v) is 8.75. The SMILES string of the molecule is Cc1noc(CN2CCCC3C2CCCN3Cc2nc(C)no2)n1. The van der Waals surface area contributed by atoms with Gasteiger partial charge in [-0.05, 0) is 52.6 Å². The van der Waals surface area contributed by atoms with E-state index in [0.29, 0.717) is 23.7 Å². The Morgan fingerprint density at radius 2 is 1.29 bits per heavy atom. The summed E-state index contributed by atoms with van der Waals surface area (Å²) >= 11 is 0. The molecule has 8 heteroatoms. The van der Waals surface area contributed by atoms with Crippen LogP contribution in [0.1, 0.15) is 49.1 Å². The Morgan fingerprint density at radius 1 is 0.833 bits per heavy atom. The second-order valence-corrected chi connectivity index (χ2v) is 6.83. The highest BCUT2D eigenvalue weighted by Gasteiger charge is 2.38. The maximum absolute atomic E-state index is 5.32. The lowest BCUT2D eigenvalue weighted by atomic mass is 9.87. The van der Waals surface area contributed by atoms with Crippen molar-refractivity contribution < 1.29 is 9.05 Å². The first kappa shape index (κ1) is 15.7. The van der Waals surface area contributed by atoms with Gasteiger partial charge < -0.3 is 9.05 Å². The number of aryl methyl sites for hydroxylation is 2. The first-order valence-electron chi connectivity index (χ1n) is 8.75. The van der Waals surface area contributed by atoms with Gasteiger partial charge in [0.05, 0.1) is 13.1 Å². The number of nitrogens with zero attached hydrogens (tertiary/aromatic N) is 6. The van der Waals surface area contributed by atoms with Crippen LogP contribution in [0.25, 0.3) is 0 Å². The van der Waals surface area contributed by atoms with Gasteiger partial charge in [-0.2, -0.15) is 9.97 Å². The third kappa shape index (κ3) is 3.21. The van der Waals surface area contributed by atoms with E-state index in [0.717, 1.165) is 38.0 Å². The molecule has 0 saturated carbocycles. The molecule has 0 bridgehead atoms. The van der Waals surface area contributed by atoms with Crippen molar-refractivity contribution in [3.8, 4) is 0 Å². The zero-order valence-corrected chi connectivity index (χ0v) is 14.3. The zero-order valence-electron chi connectivity index (χ0n) is 14.3. The number of likely N-dealkylation sites (tertiary alicyclic amines) is 2. The van der Waals surface area contributed by atoms with Gasteiger partial charge in [-0.3, -0.25) is 9.80 Å². The number of fused-ring (bicyclic) bond motifs is 1. The van der Waals surface area contributed by atoms with Crippen LogP contribution in [0, 0.1) is 13.8 Å². The van der Waals surface area contributed by atoms with Crippen LogP contribution in [0.4, 0.5) is 0 Å². The highest BCUT2D eigenvalue weighted by molar-refractivity contribution is 4.97. The van der Waals surface area contributed by atoms with Crippen molar-refractivity contribution in [2.75, 3.05) is 13.1 Å². The molecule has 2 unspecified atom stereocenters. The fourth-order valence-corrected chi connectivity index (χ4v) is 4.12. The molecule has 0 aliphatic carbocycles. The third-order valence-corrected chi connectivity index (χ3v) is 5.09. The smallest absolute Gasteiger partial charge is 0.240 e. The van der Waals surface area contributed by atoms with Crippen molar-refractivity contribution >= 4 is 0 Å². The molecule has 4 rings (SSSR count). The van der Waals surface area contributed by atoms with Crippen LogP contribution in [0.2, 0.25) is 0 Å². The van der Waals surface area contributed by atoms with Crippen LogP contribution in [-0.4, -0.2) is 55.3 Å². The van der Waals surface area contributed by atoms with Crippen molar-refractivity contribution in [3.63, 3.8) is 0 Å². The molecule has 0 radical (unpaired) electrons. The van der Waals surface area contributed by atoms with Crippen LogP contribution >= 0.6 is 0 Å². The Morgan fingerprint density at radius 3 is 1.67 bits per heavy atom. The van der Waals surface area contributed by atoms with Gasteiger partial charge in [0.25, 0.3) is 0 Å². The van der Waals surface area contributed by atoms with E-state index in [9.17, 15) is 0 Å². The molecule has 2 aliphatic heterocycles. The van der Waals surface area contributed by atoms with Crippen molar-refractivity contribution in [2.24, 2.45) is 0 Å². The summed E-state index contributed by atoms with van der Waals surface area (Å²) in [6.07, 6.45) is 4.82. The second-order valence-electron chi connectivity index (χ2n) is 6.83. The van der Waals surface area contributed by atoms with E-state index in [-0.39, 0.29) is 0 Å². The molecule has 2 aromatic rings. The van der Waals surface area contributed by atoms with E-state index in [1.807, 2.05) is 13.8 Å². The molecule has 0 N–H and O–H groups in total. The first-order chi connectivity index (χ1) is 11.7. The lowest BCUT2D eigenvalue weighted by molar-refractivity contribution is -0.0101. The number of hydrogen-bond acceptors (Lipinski definition) is 8. The molecule has 0 amide bonds. The van der Waals surface area contributed by atoms with Crippen molar-refractivity contribution in [3.05, 3.63) is 23.4 Å². The highest BCUT2D eigenvalue weighted by Crippen LogP contribution is 2.31. The van der Waals surface area contributed by atoms with E-state index in [4.69, 9.17) is 9.05 Å². The molecule has 130 valence electrons. The van der Waals surface area contributed by atoms with E-state index < -0.39 is 0 Å². The van der Waals surface area contributed by atoms with Gasteiger partial charge in [-0.15, -0.1) is 0 Å². The fourth-order valence-electron chi connectivity index (χ4n) is 4.12. The van der Waals surface area contributed by atoms with Gasteiger partial charge in [-0.25, -0.2) is 0 Å². The lowest BCUT2D eigenvalue weighted by Crippen LogP contribution is -2.57. The van der Waals surface area contributed by atoms with Crippen molar-refractivity contribution in [2.45, 2.75) is 64.7 Å². The topological polar surface area (TPSA) is 84.3 Å².